The third kappa shape index (κ3) is 6.17. The molecule has 0 saturated carbocycles. The molecule has 2 aliphatic heterocycles. The number of esters is 1. The monoisotopic (exact) mass is 383 g/mol. The highest BCUT2D eigenvalue weighted by Crippen LogP contribution is 2.21. The first-order chi connectivity index (χ1) is 12.9. The van der Waals surface area contributed by atoms with Crippen LogP contribution in [0.25, 0.3) is 0 Å². The van der Waals surface area contributed by atoms with E-state index in [0.29, 0.717) is 38.3 Å². The van der Waals surface area contributed by atoms with E-state index in [1.807, 2.05) is 0 Å². The van der Waals surface area contributed by atoms with E-state index in [4.69, 9.17) is 4.74 Å². The fourth-order valence-corrected chi connectivity index (χ4v) is 3.99. The predicted molar refractivity (Wildman–Crippen MR) is 100 cm³/mol. The summed E-state index contributed by atoms with van der Waals surface area (Å²) in [6.07, 6.45) is 4.87. The van der Waals surface area contributed by atoms with Crippen molar-refractivity contribution in [3.8, 4) is 0 Å². The van der Waals surface area contributed by atoms with E-state index in [2.05, 4.69) is 10.6 Å². The van der Waals surface area contributed by atoms with Crippen LogP contribution in [0.1, 0.15) is 52.4 Å². The topological polar surface area (TPSA) is 108 Å². The minimum atomic E-state index is -0.971. The summed E-state index contributed by atoms with van der Waals surface area (Å²) in [5, 5.41) is 15.7. The van der Waals surface area contributed by atoms with E-state index >= 15 is 0 Å². The standard InChI is InChI=1S/C19H33N3O5/c1-3-27-19(26)15(7-6-14-8-10-20-11-9-14)21-13(2)17(23)22-12-4-5-16(22)18(24)25/h13-16,20-21H,3-12H2,1-2H3,(H,24,25)/t13-,15?,16-/m0/s1. The molecule has 0 aromatic heterocycles. The molecule has 0 aromatic rings. The van der Waals surface area contributed by atoms with Gasteiger partial charge >= 0.3 is 11.9 Å². The fraction of sp³-hybridized carbons (Fsp3) is 0.842. The average molecular weight is 383 g/mol. The van der Waals surface area contributed by atoms with Gasteiger partial charge in [0.05, 0.1) is 12.6 Å². The van der Waals surface area contributed by atoms with Gasteiger partial charge in [-0.05, 0) is 71.4 Å². The van der Waals surface area contributed by atoms with Crippen molar-refractivity contribution in [2.24, 2.45) is 5.92 Å². The number of ether oxygens (including phenoxy) is 1. The lowest BCUT2D eigenvalue weighted by atomic mass is 9.91. The number of likely N-dealkylation sites (tertiary alicyclic amines) is 1. The number of carbonyl (C=O) groups is 3. The predicted octanol–water partition coefficient (Wildman–Crippen LogP) is 0.752. The first-order valence-electron chi connectivity index (χ1n) is 10.1. The Kier molecular flexibility index (Phi) is 8.50. The smallest absolute Gasteiger partial charge is 0.326 e. The van der Waals surface area contributed by atoms with Gasteiger partial charge in [0.2, 0.25) is 5.91 Å². The number of aliphatic carboxylic acids is 1. The van der Waals surface area contributed by atoms with E-state index < -0.39 is 24.1 Å². The van der Waals surface area contributed by atoms with Gasteiger partial charge in [-0.1, -0.05) is 0 Å². The highest BCUT2D eigenvalue weighted by Gasteiger charge is 2.37. The Morgan fingerprint density at radius 3 is 2.59 bits per heavy atom. The quantitative estimate of drug-likeness (QED) is 0.504. The zero-order chi connectivity index (χ0) is 19.8. The summed E-state index contributed by atoms with van der Waals surface area (Å²) in [4.78, 5) is 37.8. The van der Waals surface area contributed by atoms with Gasteiger partial charge in [-0.25, -0.2) is 4.79 Å². The average Bonchev–Trinajstić information content (AvgIpc) is 3.15. The van der Waals surface area contributed by atoms with Crippen LogP contribution in [0, 0.1) is 5.92 Å². The van der Waals surface area contributed by atoms with Crippen molar-refractivity contribution in [1.29, 1.82) is 0 Å². The zero-order valence-electron chi connectivity index (χ0n) is 16.4. The van der Waals surface area contributed by atoms with Gasteiger partial charge in [0.15, 0.2) is 0 Å². The first-order valence-corrected chi connectivity index (χ1v) is 10.1. The number of carboxylic acids is 1. The highest BCUT2D eigenvalue weighted by molar-refractivity contribution is 5.88. The molecule has 0 bridgehead atoms. The van der Waals surface area contributed by atoms with Crippen LogP contribution in [0.15, 0.2) is 0 Å². The van der Waals surface area contributed by atoms with Crippen molar-refractivity contribution in [3.63, 3.8) is 0 Å². The van der Waals surface area contributed by atoms with Gasteiger partial charge in [-0.3, -0.25) is 14.9 Å². The SMILES string of the molecule is CCOC(=O)C(CCC1CCNCC1)N[C@@H](C)C(=O)N1CCC[C@H]1C(=O)O. The molecule has 0 radical (unpaired) electrons. The lowest BCUT2D eigenvalue weighted by Crippen LogP contribution is -2.53. The summed E-state index contributed by atoms with van der Waals surface area (Å²) in [6, 6.07) is -1.95. The number of amides is 1. The van der Waals surface area contributed by atoms with Crippen LogP contribution < -0.4 is 10.6 Å². The van der Waals surface area contributed by atoms with Gasteiger partial charge in [0.25, 0.3) is 0 Å². The molecule has 3 atom stereocenters. The summed E-state index contributed by atoms with van der Waals surface area (Å²) in [5.74, 6) is -1.01. The van der Waals surface area contributed by atoms with Crippen molar-refractivity contribution in [2.45, 2.75) is 70.5 Å². The Labute approximate surface area is 161 Å². The van der Waals surface area contributed by atoms with Crippen molar-refractivity contribution >= 4 is 17.8 Å². The Bertz CT molecular complexity index is 521. The fourth-order valence-electron chi connectivity index (χ4n) is 3.99. The number of nitrogens with zero attached hydrogens (tertiary/aromatic N) is 1. The molecule has 8 heteroatoms. The molecule has 0 spiro atoms. The molecule has 8 nitrogen and oxygen atoms in total. The van der Waals surface area contributed by atoms with Crippen LogP contribution in [-0.4, -0.2) is 72.2 Å². The van der Waals surface area contributed by atoms with Gasteiger partial charge in [0.1, 0.15) is 12.1 Å². The Morgan fingerprint density at radius 1 is 1.26 bits per heavy atom. The van der Waals surface area contributed by atoms with E-state index in [-0.39, 0.29) is 11.9 Å². The van der Waals surface area contributed by atoms with E-state index in [9.17, 15) is 19.5 Å². The van der Waals surface area contributed by atoms with Gasteiger partial charge in [0, 0.05) is 6.54 Å². The molecule has 154 valence electrons. The lowest BCUT2D eigenvalue weighted by Gasteiger charge is -2.29. The molecule has 2 aliphatic rings. The second-order valence-electron chi connectivity index (χ2n) is 7.49. The summed E-state index contributed by atoms with van der Waals surface area (Å²) in [5.41, 5.74) is 0. The van der Waals surface area contributed by atoms with Crippen LogP contribution in [0.4, 0.5) is 0 Å². The maximum atomic E-state index is 12.7. The number of hydrogen-bond donors (Lipinski definition) is 3. The molecule has 27 heavy (non-hydrogen) atoms. The molecule has 1 unspecified atom stereocenters. The third-order valence-corrected chi connectivity index (χ3v) is 5.54. The highest BCUT2D eigenvalue weighted by atomic mass is 16.5. The summed E-state index contributed by atoms with van der Waals surface area (Å²) in [6.45, 7) is 6.19. The van der Waals surface area contributed by atoms with E-state index in [0.717, 1.165) is 32.4 Å². The number of piperidine rings is 1. The Morgan fingerprint density at radius 2 is 1.96 bits per heavy atom. The van der Waals surface area contributed by atoms with Crippen LogP contribution in [0.3, 0.4) is 0 Å². The number of carbonyl (C=O) groups excluding carboxylic acids is 2. The molecule has 0 aromatic carbocycles. The molecule has 0 aliphatic carbocycles. The molecule has 2 rings (SSSR count). The normalized spacial score (nSPS) is 23.0. The van der Waals surface area contributed by atoms with Crippen LogP contribution in [0.5, 0.6) is 0 Å². The molecule has 3 N–H and O–H groups in total. The first kappa shape index (κ1) is 21.6. The summed E-state index contributed by atoms with van der Waals surface area (Å²) in [7, 11) is 0. The van der Waals surface area contributed by atoms with Crippen molar-refractivity contribution < 1.29 is 24.2 Å². The minimum Gasteiger partial charge on any atom is -0.480 e. The lowest BCUT2D eigenvalue weighted by molar-refractivity contribution is -0.150. The molecule has 2 fully saturated rings. The number of hydrogen-bond acceptors (Lipinski definition) is 6. The molecule has 2 saturated heterocycles. The molecular weight excluding hydrogens is 350 g/mol. The van der Waals surface area contributed by atoms with E-state index in [1.165, 1.54) is 4.90 Å². The van der Waals surface area contributed by atoms with Crippen molar-refractivity contribution in [2.75, 3.05) is 26.2 Å². The number of carboxylic acid groups (broad SMARTS) is 1. The Balaban J connectivity index is 1.94. The second kappa shape index (κ2) is 10.6. The van der Waals surface area contributed by atoms with Crippen LogP contribution >= 0.6 is 0 Å². The van der Waals surface area contributed by atoms with Crippen LogP contribution in [0.2, 0.25) is 0 Å². The van der Waals surface area contributed by atoms with Gasteiger partial charge in [-0.15, -0.1) is 0 Å². The molecule has 2 heterocycles. The Hall–Kier alpha value is -1.67. The number of nitrogens with one attached hydrogen (secondary N) is 2. The van der Waals surface area contributed by atoms with Gasteiger partial charge < -0.3 is 20.1 Å². The van der Waals surface area contributed by atoms with Crippen molar-refractivity contribution in [1.82, 2.24) is 15.5 Å². The second-order valence-corrected chi connectivity index (χ2v) is 7.49. The summed E-state index contributed by atoms with van der Waals surface area (Å²) < 4.78 is 5.18. The maximum Gasteiger partial charge on any atom is 0.326 e. The maximum absolute atomic E-state index is 12.7. The number of rotatable bonds is 9. The van der Waals surface area contributed by atoms with Crippen molar-refractivity contribution in [3.05, 3.63) is 0 Å². The third-order valence-electron chi connectivity index (χ3n) is 5.54. The van der Waals surface area contributed by atoms with E-state index in [1.54, 1.807) is 13.8 Å². The zero-order valence-corrected chi connectivity index (χ0v) is 16.4. The molecular formula is C19H33N3O5. The largest absolute Gasteiger partial charge is 0.480 e. The van der Waals surface area contributed by atoms with Crippen LogP contribution in [-0.2, 0) is 19.1 Å². The summed E-state index contributed by atoms with van der Waals surface area (Å²) >= 11 is 0. The minimum absolute atomic E-state index is 0.268. The molecule has 1 amide bonds. The van der Waals surface area contributed by atoms with Gasteiger partial charge in [-0.2, -0.15) is 0 Å².